The van der Waals surface area contributed by atoms with Crippen LogP contribution in [0.25, 0.3) is 20.8 Å². The fraction of sp³-hybridized carbons (Fsp3) is 0.136. The van der Waals surface area contributed by atoms with E-state index in [2.05, 4.69) is 79.7 Å². The van der Waals surface area contributed by atoms with E-state index in [1.807, 2.05) is 0 Å². The van der Waals surface area contributed by atoms with Crippen LogP contribution in [-0.4, -0.2) is 4.98 Å². The molecule has 0 bridgehead atoms. The van der Waals surface area contributed by atoms with E-state index in [0.717, 1.165) is 23.4 Å². The van der Waals surface area contributed by atoms with E-state index in [-0.39, 0.29) is 0 Å². The van der Waals surface area contributed by atoms with Gasteiger partial charge in [-0.15, -0.1) is 11.3 Å². The third-order valence-corrected chi connectivity index (χ3v) is 5.36. The molecular weight excluding hydrogens is 310 g/mol. The molecule has 0 atom stereocenters. The van der Waals surface area contributed by atoms with Crippen molar-refractivity contribution in [2.45, 2.75) is 19.8 Å². The fourth-order valence-corrected chi connectivity index (χ4v) is 3.97. The van der Waals surface area contributed by atoms with Gasteiger partial charge in [-0.1, -0.05) is 60.7 Å². The van der Waals surface area contributed by atoms with Crippen molar-refractivity contribution < 1.29 is 0 Å². The summed E-state index contributed by atoms with van der Waals surface area (Å²) in [6.45, 7) is 2.13. The minimum absolute atomic E-state index is 1.07. The van der Waals surface area contributed by atoms with Crippen molar-refractivity contribution >= 4 is 21.6 Å². The second kappa shape index (κ2) is 6.58. The number of aryl methyl sites for hydroxylation is 3. The highest BCUT2D eigenvalue weighted by atomic mass is 32.1. The summed E-state index contributed by atoms with van der Waals surface area (Å²) in [6, 6.07) is 26.0. The SMILES string of the molecule is Cc1ccc2nc(-c3ccc(CCc4ccccc4)cc3)sc2c1. The van der Waals surface area contributed by atoms with Gasteiger partial charge in [-0.05, 0) is 48.6 Å². The predicted octanol–water partition coefficient (Wildman–Crippen LogP) is 6.06. The van der Waals surface area contributed by atoms with E-state index in [4.69, 9.17) is 4.98 Å². The third-order valence-electron chi connectivity index (χ3n) is 4.29. The van der Waals surface area contributed by atoms with Crippen LogP contribution in [0.15, 0.2) is 72.8 Å². The molecule has 4 rings (SSSR count). The maximum absolute atomic E-state index is 4.77. The number of hydrogen-bond donors (Lipinski definition) is 0. The Morgan fingerprint density at radius 1 is 0.792 bits per heavy atom. The van der Waals surface area contributed by atoms with Crippen LogP contribution < -0.4 is 0 Å². The third kappa shape index (κ3) is 3.24. The molecule has 1 nitrogen and oxygen atoms in total. The maximum Gasteiger partial charge on any atom is 0.124 e. The zero-order valence-electron chi connectivity index (χ0n) is 13.7. The van der Waals surface area contributed by atoms with Crippen molar-refractivity contribution in [3.8, 4) is 10.6 Å². The summed E-state index contributed by atoms with van der Waals surface area (Å²) in [4.78, 5) is 4.77. The Kier molecular flexibility index (Phi) is 4.14. The summed E-state index contributed by atoms with van der Waals surface area (Å²) in [5.41, 5.74) is 6.35. The van der Waals surface area contributed by atoms with E-state index in [1.165, 1.54) is 27.0 Å². The zero-order chi connectivity index (χ0) is 16.4. The highest BCUT2D eigenvalue weighted by molar-refractivity contribution is 7.21. The standard InChI is InChI=1S/C22H19NS/c1-16-7-14-20-21(15-16)24-22(23-20)19-12-10-18(11-13-19)9-8-17-5-3-2-4-6-17/h2-7,10-15H,8-9H2,1H3. The molecule has 0 saturated carbocycles. The number of aromatic nitrogens is 1. The second-order valence-electron chi connectivity index (χ2n) is 6.17. The monoisotopic (exact) mass is 329 g/mol. The van der Waals surface area contributed by atoms with Gasteiger partial charge >= 0.3 is 0 Å². The Bertz CT molecular complexity index is 952. The Morgan fingerprint density at radius 2 is 1.50 bits per heavy atom. The van der Waals surface area contributed by atoms with E-state index in [9.17, 15) is 0 Å². The van der Waals surface area contributed by atoms with Gasteiger partial charge < -0.3 is 0 Å². The molecule has 0 aliphatic rings. The largest absolute Gasteiger partial charge is 0.236 e. The van der Waals surface area contributed by atoms with Crippen molar-refractivity contribution in [2.24, 2.45) is 0 Å². The number of hydrogen-bond acceptors (Lipinski definition) is 2. The Balaban J connectivity index is 1.52. The number of benzene rings is 3. The van der Waals surface area contributed by atoms with Gasteiger partial charge in [0, 0.05) is 5.56 Å². The summed E-state index contributed by atoms with van der Waals surface area (Å²) in [7, 11) is 0. The molecule has 1 heterocycles. The first-order valence-corrected chi connectivity index (χ1v) is 9.10. The lowest BCUT2D eigenvalue weighted by Gasteiger charge is -2.03. The summed E-state index contributed by atoms with van der Waals surface area (Å²) >= 11 is 1.77. The number of fused-ring (bicyclic) bond motifs is 1. The molecule has 0 radical (unpaired) electrons. The second-order valence-corrected chi connectivity index (χ2v) is 7.20. The minimum atomic E-state index is 1.07. The van der Waals surface area contributed by atoms with Crippen LogP contribution in [0.1, 0.15) is 16.7 Å². The molecule has 0 aliphatic heterocycles. The zero-order valence-corrected chi connectivity index (χ0v) is 14.5. The summed E-state index contributed by atoms with van der Waals surface area (Å²) in [5, 5.41) is 1.10. The van der Waals surface area contributed by atoms with Gasteiger partial charge in [0.1, 0.15) is 5.01 Å². The Hall–Kier alpha value is -2.45. The molecule has 0 spiro atoms. The first-order valence-electron chi connectivity index (χ1n) is 8.28. The van der Waals surface area contributed by atoms with Gasteiger partial charge in [0.25, 0.3) is 0 Å². The molecule has 118 valence electrons. The first kappa shape index (κ1) is 15.1. The topological polar surface area (TPSA) is 12.9 Å². The summed E-state index contributed by atoms with van der Waals surface area (Å²) in [5.74, 6) is 0. The molecular formula is C22H19NS. The number of rotatable bonds is 4. The van der Waals surface area contributed by atoms with E-state index < -0.39 is 0 Å². The maximum atomic E-state index is 4.77. The molecule has 3 aromatic carbocycles. The van der Waals surface area contributed by atoms with Gasteiger partial charge in [0.05, 0.1) is 10.2 Å². The Labute approximate surface area is 146 Å². The highest BCUT2D eigenvalue weighted by Crippen LogP contribution is 2.30. The highest BCUT2D eigenvalue weighted by Gasteiger charge is 2.06. The number of nitrogens with zero attached hydrogens (tertiary/aromatic N) is 1. The van der Waals surface area contributed by atoms with Crippen molar-refractivity contribution in [1.29, 1.82) is 0 Å². The predicted molar refractivity (Wildman–Crippen MR) is 104 cm³/mol. The average molecular weight is 329 g/mol. The van der Waals surface area contributed by atoms with Crippen LogP contribution in [0.3, 0.4) is 0 Å². The van der Waals surface area contributed by atoms with Crippen LogP contribution >= 0.6 is 11.3 Å². The van der Waals surface area contributed by atoms with Gasteiger partial charge in [0.15, 0.2) is 0 Å². The van der Waals surface area contributed by atoms with Gasteiger partial charge in [-0.2, -0.15) is 0 Å². The minimum Gasteiger partial charge on any atom is -0.236 e. The van der Waals surface area contributed by atoms with Gasteiger partial charge in [0.2, 0.25) is 0 Å². The van der Waals surface area contributed by atoms with Crippen LogP contribution in [0.4, 0.5) is 0 Å². The molecule has 2 heteroatoms. The van der Waals surface area contributed by atoms with Crippen LogP contribution in [-0.2, 0) is 12.8 Å². The molecule has 0 fully saturated rings. The first-order chi connectivity index (χ1) is 11.8. The lowest BCUT2D eigenvalue weighted by Crippen LogP contribution is -1.90. The normalized spacial score (nSPS) is 11.0. The van der Waals surface area contributed by atoms with E-state index >= 15 is 0 Å². The lowest BCUT2D eigenvalue weighted by molar-refractivity contribution is 0.960. The van der Waals surface area contributed by atoms with Gasteiger partial charge in [-0.25, -0.2) is 4.98 Å². The van der Waals surface area contributed by atoms with Crippen LogP contribution in [0.2, 0.25) is 0 Å². The Morgan fingerprint density at radius 3 is 2.25 bits per heavy atom. The van der Waals surface area contributed by atoms with E-state index in [0.29, 0.717) is 0 Å². The lowest BCUT2D eigenvalue weighted by atomic mass is 10.0. The average Bonchev–Trinajstić information content (AvgIpc) is 3.04. The van der Waals surface area contributed by atoms with Crippen molar-refractivity contribution in [3.63, 3.8) is 0 Å². The molecule has 0 amide bonds. The van der Waals surface area contributed by atoms with Gasteiger partial charge in [-0.3, -0.25) is 0 Å². The fourth-order valence-electron chi connectivity index (χ4n) is 2.90. The van der Waals surface area contributed by atoms with Crippen molar-refractivity contribution in [3.05, 3.63) is 89.5 Å². The molecule has 4 aromatic rings. The van der Waals surface area contributed by atoms with Crippen LogP contribution in [0, 0.1) is 6.92 Å². The van der Waals surface area contributed by atoms with Crippen molar-refractivity contribution in [1.82, 2.24) is 4.98 Å². The molecule has 0 unspecified atom stereocenters. The molecule has 1 aromatic heterocycles. The smallest absolute Gasteiger partial charge is 0.124 e. The molecule has 0 N–H and O–H groups in total. The molecule has 0 aliphatic carbocycles. The number of thiazole rings is 1. The van der Waals surface area contributed by atoms with E-state index in [1.54, 1.807) is 11.3 Å². The molecule has 0 saturated heterocycles. The quantitative estimate of drug-likeness (QED) is 0.443. The van der Waals surface area contributed by atoms with Crippen molar-refractivity contribution in [2.75, 3.05) is 0 Å². The van der Waals surface area contributed by atoms with Crippen LogP contribution in [0.5, 0.6) is 0 Å². The summed E-state index contributed by atoms with van der Waals surface area (Å²) < 4.78 is 1.26. The molecule has 24 heavy (non-hydrogen) atoms. The summed E-state index contributed by atoms with van der Waals surface area (Å²) in [6.07, 6.45) is 2.16.